The minimum atomic E-state index is -4.12. The maximum atomic E-state index is 13.3. The summed E-state index contributed by atoms with van der Waals surface area (Å²) in [6, 6.07) is 11.5. The average Bonchev–Trinajstić information content (AvgIpc) is 3.14. The highest BCUT2D eigenvalue weighted by Crippen LogP contribution is 2.21. The standard InChI is InChI=1S/C18H17FN4O4S/c1-2-27-15-8-6-13(7-9-15)23-28(25,26)18-16(11-20-22-18)17(24)21-14-5-3-4-12(19)10-14/h3-11,23H,2H2,1H3,(H,20,22)(H,21,24). The van der Waals surface area contributed by atoms with E-state index in [0.29, 0.717) is 12.4 Å². The van der Waals surface area contributed by atoms with Crippen molar-refractivity contribution in [2.75, 3.05) is 16.6 Å². The van der Waals surface area contributed by atoms with Gasteiger partial charge in [-0.1, -0.05) is 6.07 Å². The molecule has 0 spiro atoms. The first-order chi connectivity index (χ1) is 13.4. The fourth-order valence-corrected chi connectivity index (χ4v) is 3.55. The zero-order chi connectivity index (χ0) is 20.1. The Morgan fingerprint density at radius 1 is 1.18 bits per heavy atom. The molecule has 0 fully saturated rings. The van der Waals surface area contributed by atoms with Crippen molar-refractivity contribution in [1.29, 1.82) is 0 Å². The van der Waals surface area contributed by atoms with Crippen LogP contribution in [0, 0.1) is 5.82 Å². The van der Waals surface area contributed by atoms with Crippen LogP contribution < -0.4 is 14.8 Å². The van der Waals surface area contributed by atoms with Crippen LogP contribution in [-0.4, -0.2) is 31.1 Å². The summed E-state index contributed by atoms with van der Waals surface area (Å²) in [7, 11) is -4.12. The topological polar surface area (TPSA) is 113 Å². The van der Waals surface area contributed by atoms with Crippen LogP contribution in [0.3, 0.4) is 0 Å². The molecule has 1 aromatic heterocycles. The Bertz CT molecular complexity index is 1080. The summed E-state index contributed by atoms with van der Waals surface area (Å²) >= 11 is 0. The summed E-state index contributed by atoms with van der Waals surface area (Å²) in [6.07, 6.45) is 1.08. The van der Waals surface area contributed by atoms with Gasteiger partial charge in [-0.3, -0.25) is 14.6 Å². The molecule has 1 amide bonds. The highest BCUT2D eigenvalue weighted by molar-refractivity contribution is 7.92. The summed E-state index contributed by atoms with van der Waals surface area (Å²) in [5.74, 6) is -0.677. The first-order valence-electron chi connectivity index (χ1n) is 8.25. The largest absolute Gasteiger partial charge is 0.494 e. The zero-order valence-electron chi connectivity index (χ0n) is 14.8. The number of carbonyl (C=O) groups excluding carboxylic acids is 1. The van der Waals surface area contributed by atoms with Gasteiger partial charge in [-0.2, -0.15) is 13.5 Å². The number of nitrogens with one attached hydrogen (secondary N) is 3. The lowest BCUT2D eigenvalue weighted by Crippen LogP contribution is -2.19. The van der Waals surface area contributed by atoms with Gasteiger partial charge >= 0.3 is 0 Å². The molecule has 0 aliphatic heterocycles. The van der Waals surface area contributed by atoms with E-state index in [1.165, 1.54) is 30.3 Å². The fraction of sp³-hybridized carbons (Fsp3) is 0.111. The van der Waals surface area contributed by atoms with Crippen molar-refractivity contribution in [2.45, 2.75) is 11.9 Å². The molecule has 0 atom stereocenters. The van der Waals surface area contributed by atoms with E-state index < -0.39 is 26.8 Å². The smallest absolute Gasteiger partial charge is 0.279 e. The van der Waals surface area contributed by atoms with E-state index in [4.69, 9.17) is 4.74 Å². The number of carbonyl (C=O) groups is 1. The van der Waals surface area contributed by atoms with Crippen LogP contribution in [-0.2, 0) is 10.0 Å². The van der Waals surface area contributed by atoms with Gasteiger partial charge in [-0.25, -0.2) is 4.39 Å². The molecule has 1 heterocycles. The van der Waals surface area contributed by atoms with Gasteiger partial charge in [0.05, 0.1) is 18.4 Å². The van der Waals surface area contributed by atoms with Crippen LogP contribution in [0.4, 0.5) is 15.8 Å². The van der Waals surface area contributed by atoms with Crippen molar-refractivity contribution in [2.24, 2.45) is 0 Å². The lowest BCUT2D eigenvalue weighted by atomic mass is 10.3. The molecule has 3 N–H and O–H groups in total. The van der Waals surface area contributed by atoms with Gasteiger partial charge in [0.1, 0.15) is 11.6 Å². The second-order valence-corrected chi connectivity index (χ2v) is 7.26. The van der Waals surface area contributed by atoms with Crippen molar-refractivity contribution < 1.29 is 22.3 Å². The Morgan fingerprint density at radius 2 is 1.93 bits per heavy atom. The van der Waals surface area contributed by atoms with Gasteiger partial charge in [-0.15, -0.1) is 0 Å². The highest BCUT2D eigenvalue weighted by Gasteiger charge is 2.25. The Kier molecular flexibility index (Phi) is 5.59. The SMILES string of the molecule is CCOc1ccc(NS(=O)(=O)c2[nH]ncc2C(=O)Nc2cccc(F)c2)cc1. The van der Waals surface area contributed by atoms with Crippen LogP contribution in [0.25, 0.3) is 0 Å². The summed E-state index contributed by atoms with van der Waals surface area (Å²) in [5.41, 5.74) is 0.270. The normalized spacial score (nSPS) is 11.1. The van der Waals surface area contributed by atoms with Crippen LogP contribution in [0.5, 0.6) is 5.75 Å². The molecule has 0 radical (unpaired) electrons. The van der Waals surface area contributed by atoms with Gasteiger partial charge in [0.25, 0.3) is 15.9 Å². The zero-order valence-corrected chi connectivity index (χ0v) is 15.6. The molecule has 0 saturated heterocycles. The number of ether oxygens (including phenoxy) is 1. The van der Waals surface area contributed by atoms with Crippen LogP contribution in [0.1, 0.15) is 17.3 Å². The highest BCUT2D eigenvalue weighted by atomic mass is 32.2. The number of hydrogen-bond donors (Lipinski definition) is 3. The second kappa shape index (κ2) is 8.09. The number of aromatic amines is 1. The monoisotopic (exact) mass is 404 g/mol. The maximum Gasteiger partial charge on any atom is 0.279 e. The molecule has 2 aromatic carbocycles. The van der Waals surface area contributed by atoms with Gasteiger partial charge in [0, 0.05) is 11.4 Å². The van der Waals surface area contributed by atoms with E-state index in [1.54, 1.807) is 12.1 Å². The fourth-order valence-electron chi connectivity index (χ4n) is 2.40. The van der Waals surface area contributed by atoms with E-state index in [0.717, 1.165) is 12.3 Å². The summed E-state index contributed by atoms with van der Waals surface area (Å²) in [6.45, 7) is 2.33. The summed E-state index contributed by atoms with van der Waals surface area (Å²) in [4.78, 5) is 12.4. The molecule has 0 aliphatic rings. The van der Waals surface area contributed by atoms with Crippen molar-refractivity contribution in [3.8, 4) is 5.75 Å². The molecule has 3 aromatic rings. The quantitative estimate of drug-likeness (QED) is 0.560. The van der Waals surface area contributed by atoms with Crippen LogP contribution in [0.2, 0.25) is 0 Å². The van der Waals surface area contributed by atoms with Gasteiger partial charge in [-0.05, 0) is 49.4 Å². The third kappa shape index (κ3) is 4.46. The maximum absolute atomic E-state index is 13.3. The van der Waals surface area contributed by atoms with E-state index >= 15 is 0 Å². The molecular formula is C18H17FN4O4S. The summed E-state index contributed by atoms with van der Waals surface area (Å²) in [5, 5.41) is 7.99. The molecule has 10 heteroatoms. The van der Waals surface area contributed by atoms with Crippen molar-refractivity contribution in [3.63, 3.8) is 0 Å². The average molecular weight is 404 g/mol. The number of amides is 1. The predicted octanol–water partition coefficient (Wildman–Crippen LogP) is 3.00. The minimum absolute atomic E-state index is 0.189. The number of rotatable bonds is 7. The Hall–Kier alpha value is -3.40. The third-order valence-electron chi connectivity index (χ3n) is 3.62. The van der Waals surface area contributed by atoms with Crippen LogP contribution >= 0.6 is 0 Å². The lowest BCUT2D eigenvalue weighted by molar-refractivity contribution is 0.102. The van der Waals surface area contributed by atoms with Gasteiger partial charge < -0.3 is 10.1 Å². The molecule has 146 valence electrons. The first-order valence-corrected chi connectivity index (χ1v) is 9.73. The summed E-state index contributed by atoms with van der Waals surface area (Å²) < 4.78 is 46.2. The number of benzene rings is 2. The lowest BCUT2D eigenvalue weighted by Gasteiger charge is -2.10. The number of anilines is 2. The third-order valence-corrected chi connectivity index (χ3v) is 4.97. The number of H-pyrrole nitrogens is 1. The Balaban J connectivity index is 1.80. The molecule has 28 heavy (non-hydrogen) atoms. The number of hydrogen-bond acceptors (Lipinski definition) is 5. The van der Waals surface area contributed by atoms with E-state index in [2.05, 4.69) is 20.2 Å². The first kappa shape index (κ1) is 19.4. The number of halogens is 1. The molecule has 3 rings (SSSR count). The number of nitrogens with zero attached hydrogens (tertiary/aromatic N) is 1. The van der Waals surface area contributed by atoms with Crippen molar-refractivity contribution in [1.82, 2.24) is 10.2 Å². The second-order valence-electron chi connectivity index (χ2n) is 5.64. The number of sulfonamides is 1. The van der Waals surface area contributed by atoms with E-state index in [-0.39, 0.29) is 16.9 Å². The molecular weight excluding hydrogens is 387 g/mol. The minimum Gasteiger partial charge on any atom is -0.494 e. The molecule has 0 bridgehead atoms. The molecule has 8 nitrogen and oxygen atoms in total. The van der Waals surface area contributed by atoms with Gasteiger partial charge in [0.15, 0.2) is 5.03 Å². The van der Waals surface area contributed by atoms with E-state index in [1.807, 2.05) is 6.92 Å². The number of aromatic nitrogens is 2. The molecule has 0 saturated carbocycles. The van der Waals surface area contributed by atoms with Crippen molar-refractivity contribution in [3.05, 3.63) is 66.1 Å². The Labute approximate surface area is 160 Å². The van der Waals surface area contributed by atoms with Crippen LogP contribution in [0.15, 0.2) is 59.8 Å². The Morgan fingerprint density at radius 3 is 2.61 bits per heavy atom. The van der Waals surface area contributed by atoms with Gasteiger partial charge in [0.2, 0.25) is 0 Å². The molecule has 0 unspecified atom stereocenters. The molecule has 0 aliphatic carbocycles. The van der Waals surface area contributed by atoms with Crippen molar-refractivity contribution >= 4 is 27.3 Å². The van der Waals surface area contributed by atoms with E-state index in [9.17, 15) is 17.6 Å². The predicted molar refractivity (Wildman–Crippen MR) is 101 cm³/mol.